The summed E-state index contributed by atoms with van der Waals surface area (Å²) in [6, 6.07) is 0. The summed E-state index contributed by atoms with van der Waals surface area (Å²) in [6.45, 7) is 0. The number of allylic oxidation sites excluding steroid dienone is 2. The van der Waals surface area contributed by atoms with Gasteiger partial charge in [-0.2, -0.15) is 79.0 Å². The maximum Gasteiger partial charge on any atom is 0.435 e. The van der Waals surface area contributed by atoms with Gasteiger partial charge in [-0.15, -0.1) is 0 Å². The van der Waals surface area contributed by atoms with Crippen LogP contribution in [0.25, 0.3) is 0 Å². The molecule has 0 aliphatic carbocycles. The van der Waals surface area contributed by atoms with E-state index in [4.69, 9.17) is 0 Å². The first kappa shape index (κ1) is 28.3. The van der Waals surface area contributed by atoms with E-state index in [2.05, 4.69) is 0 Å². The van der Waals surface area contributed by atoms with Crippen LogP contribution in [-0.2, 0) is 0 Å². The van der Waals surface area contributed by atoms with Crippen LogP contribution in [0.2, 0.25) is 0 Å². The third-order valence-electron chi connectivity index (χ3n) is 3.07. The standard InChI is InChI=1S/C10F20/c11-3(7(19,20)21,8(22,23)24)1(2(5(13,14)15)6(16,17)18)4(12,9(25,26)27)10(28,29)30. The van der Waals surface area contributed by atoms with Gasteiger partial charge in [0.1, 0.15) is 5.57 Å². The van der Waals surface area contributed by atoms with Gasteiger partial charge in [0.05, 0.1) is 5.57 Å². The maximum absolute atomic E-state index is 13.8. The van der Waals surface area contributed by atoms with E-state index in [-0.39, 0.29) is 0 Å². The first-order chi connectivity index (χ1) is 12.5. The third kappa shape index (κ3) is 4.35. The summed E-state index contributed by atoms with van der Waals surface area (Å²) in [5.74, 6) is 0. The van der Waals surface area contributed by atoms with E-state index in [0.29, 0.717) is 0 Å². The summed E-state index contributed by atoms with van der Waals surface area (Å²) >= 11 is 0. The van der Waals surface area contributed by atoms with Crippen molar-refractivity contribution >= 4 is 0 Å². The summed E-state index contributed by atoms with van der Waals surface area (Å²) in [6.07, 6.45) is -49.7. The van der Waals surface area contributed by atoms with E-state index in [0.717, 1.165) is 0 Å². The molecule has 0 aliphatic heterocycles. The van der Waals surface area contributed by atoms with Crippen LogP contribution in [0, 0.1) is 0 Å². The van der Waals surface area contributed by atoms with Gasteiger partial charge in [0.15, 0.2) is 0 Å². The van der Waals surface area contributed by atoms with Gasteiger partial charge in [-0.1, -0.05) is 0 Å². The van der Waals surface area contributed by atoms with Crippen molar-refractivity contribution in [1.29, 1.82) is 0 Å². The van der Waals surface area contributed by atoms with Crippen LogP contribution in [0.1, 0.15) is 0 Å². The molecule has 0 aromatic heterocycles. The van der Waals surface area contributed by atoms with E-state index in [9.17, 15) is 87.8 Å². The number of hydrogen-bond acceptors (Lipinski definition) is 0. The van der Waals surface area contributed by atoms with Gasteiger partial charge in [0.25, 0.3) is 0 Å². The molecule has 0 unspecified atom stereocenters. The molecule has 0 saturated heterocycles. The first-order valence-electron chi connectivity index (χ1n) is 6.03. The highest BCUT2D eigenvalue weighted by molar-refractivity contribution is 5.44. The fourth-order valence-corrected chi connectivity index (χ4v) is 1.91. The average molecular weight is 500 g/mol. The Morgan fingerprint density at radius 3 is 0.533 bits per heavy atom. The molecule has 0 spiro atoms. The number of rotatable bonds is 2. The maximum atomic E-state index is 13.8. The Morgan fingerprint density at radius 1 is 0.267 bits per heavy atom. The van der Waals surface area contributed by atoms with Crippen molar-refractivity contribution in [1.82, 2.24) is 0 Å². The Hall–Kier alpha value is -1.66. The van der Waals surface area contributed by atoms with Crippen molar-refractivity contribution in [2.75, 3.05) is 0 Å². The highest BCUT2D eigenvalue weighted by Gasteiger charge is 2.88. The van der Waals surface area contributed by atoms with Gasteiger partial charge < -0.3 is 0 Å². The minimum Gasteiger partial charge on any atom is -0.218 e. The first-order valence-corrected chi connectivity index (χ1v) is 6.03. The summed E-state index contributed by atoms with van der Waals surface area (Å²) in [5.41, 5.74) is -29.9. The van der Waals surface area contributed by atoms with Crippen LogP contribution in [0.4, 0.5) is 87.8 Å². The van der Waals surface area contributed by atoms with Gasteiger partial charge in [0.2, 0.25) is 0 Å². The van der Waals surface area contributed by atoms with Crippen LogP contribution < -0.4 is 0 Å². The summed E-state index contributed by atoms with van der Waals surface area (Å²) < 4.78 is 253. The molecule has 0 saturated carbocycles. The number of hydrogen-bond donors (Lipinski definition) is 0. The molecule has 0 rings (SSSR count). The molecular formula is C10F20. The van der Waals surface area contributed by atoms with E-state index in [1.165, 1.54) is 0 Å². The second-order valence-electron chi connectivity index (χ2n) is 5.05. The van der Waals surface area contributed by atoms with Gasteiger partial charge in [-0.3, -0.25) is 0 Å². The molecule has 0 heterocycles. The van der Waals surface area contributed by atoms with Crippen LogP contribution in [-0.4, -0.2) is 48.4 Å². The third-order valence-corrected chi connectivity index (χ3v) is 3.07. The van der Waals surface area contributed by atoms with E-state index in [1.807, 2.05) is 0 Å². The summed E-state index contributed by atoms with van der Waals surface area (Å²) in [7, 11) is 0. The zero-order chi connectivity index (χ0) is 25.2. The molecule has 0 fully saturated rings. The topological polar surface area (TPSA) is 0 Å². The lowest BCUT2D eigenvalue weighted by molar-refractivity contribution is -0.366. The van der Waals surface area contributed by atoms with Gasteiger partial charge in [-0.05, 0) is 0 Å². The second kappa shape index (κ2) is 6.92. The lowest BCUT2D eigenvalue weighted by Gasteiger charge is -2.41. The molecule has 20 heteroatoms. The Kier molecular flexibility index (Phi) is 6.54. The zero-order valence-corrected chi connectivity index (χ0v) is 12.6. The quantitative estimate of drug-likeness (QED) is 0.281. The van der Waals surface area contributed by atoms with E-state index >= 15 is 0 Å². The molecule has 0 atom stereocenters. The molecule has 30 heavy (non-hydrogen) atoms. The summed E-state index contributed by atoms with van der Waals surface area (Å²) in [5, 5.41) is 0. The van der Waals surface area contributed by atoms with Crippen molar-refractivity contribution in [3.8, 4) is 0 Å². The molecule has 0 radical (unpaired) electrons. The van der Waals surface area contributed by atoms with Crippen LogP contribution >= 0.6 is 0 Å². The lowest BCUT2D eigenvalue weighted by Crippen LogP contribution is -2.67. The van der Waals surface area contributed by atoms with Crippen molar-refractivity contribution in [3.05, 3.63) is 11.1 Å². The Labute approximate surface area is 149 Å². The molecule has 0 aromatic carbocycles. The Bertz CT molecular complexity index is 569. The van der Waals surface area contributed by atoms with E-state index < -0.39 is 59.5 Å². The minimum absolute atomic E-state index is 5.98. The highest BCUT2D eigenvalue weighted by atomic mass is 19.4. The molecule has 0 aliphatic rings. The average Bonchev–Trinajstić information content (AvgIpc) is 2.34. The molecule has 0 bridgehead atoms. The lowest BCUT2D eigenvalue weighted by atomic mass is 9.77. The van der Waals surface area contributed by atoms with Gasteiger partial charge in [-0.25, -0.2) is 8.78 Å². The van der Waals surface area contributed by atoms with Crippen LogP contribution in [0.15, 0.2) is 11.1 Å². The zero-order valence-electron chi connectivity index (χ0n) is 12.6. The largest absolute Gasteiger partial charge is 0.435 e. The van der Waals surface area contributed by atoms with Crippen LogP contribution in [0.5, 0.6) is 0 Å². The van der Waals surface area contributed by atoms with Crippen molar-refractivity contribution in [2.45, 2.75) is 48.4 Å². The SMILES string of the molecule is FC(F)(F)C(=C(C(F)(C(F)(F)F)C(F)(F)F)C(F)(C(F)(F)F)C(F)(F)F)C(F)(F)F. The molecule has 180 valence electrons. The predicted octanol–water partition coefficient (Wildman–Crippen LogP) is 7.07. The smallest absolute Gasteiger partial charge is 0.218 e. The Balaban J connectivity index is 8.47. The Morgan fingerprint density at radius 2 is 0.433 bits per heavy atom. The van der Waals surface area contributed by atoms with Crippen molar-refractivity contribution < 1.29 is 87.8 Å². The highest BCUT2D eigenvalue weighted by Crippen LogP contribution is 2.64. The molecule has 0 amide bonds. The second-order valence-corrected chi connectivity index (χ2v) is 5.05. The van der Waals surface area contributed by atoms with Gasteiger partial charge in [0, 0.05) is 0 Å². The predicted molar refractivity (Wildman–Crippen MR) is 51.0 cm³/mol. The minimum atomic E-state index is -8.75. The van der Waals surface area contributed by atoms with Crippen LogP contribution in [0.3, 0.4) is 0 Å². The molecule has 0 nitrogen and oxygen atoms in total. The number of halogens is 20. The van der Waals surface area contributed by atoms with Crippen molar-refractivity contribution in [3.63, 3.8) is 0 Å². The fraction of sp³-hybridized carbons (Fsp3) is 0.800. The molecule has 0 N–H and O–H groups in total. The van der Waals surface area contributed by atoms with E-state index in [1.54, 1.807) is 0 Å². The van der Waals surface area contributed by atoms with Gasteiger partial charge >= 0.3 is 48.4 Å². The number of alkyl halides is 20. The molecular weight excluding hydrogens is 500 g/mol. The monoisotopic (exact) mass is 500 g/mol. The normalized spacial score (nSPS) is 16.0. The summed E-state index contributed by atoms with van der Waals surface area (Å²) in [4.78, 5) is 0. The molecule has 0 aromatic rings. The van der Waals surface area contributed by atoms with Crippen molar-refractivity contribution in [2.24, 2.45) is 0 Å². The fourth-order valence-electron chi connectivity index (χ4n) is 1.91.